The standard InChI is InChI=1S/C17H20ClN3O2S/c1-20-7-2-8-21(10-9-20)17(22)15-12-24-16(19-15)11-23-14-5-3-13(18)4-6-14/h3-6,12H,2,7-11H2,1H3. The van der Waals surface area contributed by atoms with Crippen molar-refractivity contribution in [3.05, 3.63) is 45.4 Å². The maximum atomic E-state index is 12.6. The lowest BCUT2D eigenvalue weighted by atomic mass is 10.3. The quantitative estimate of drug-likeness (QED) is 0.835. The molecular weight excluding hydrogens is 346 g/mol. The second kappa shape index (κ2) is 7.96. The number of halogens is 1. The molecule has 3 rings (SSSR count). The fourth-order valence-electron chi connectivity index (χ4n) is 2.56. The molecule has 0 radical (unpaired) electrons. The van der Waals surface area contributed by atoms with Gasteiger partial charge in [0.1, 0.15) is 23.1 Å². The van der Waals surface area contributed by atoms with Gasteiger partial charge in [-0.2, -0.15) is 0 Å². The SMILES string of the molecule is CN1CCCN(C(=O)c2csc(COc3ccc(Cl)cc3)n2)CC1. The van der Waals surface area contributed by atoms with Gasteiger partial charge in [0.05, 0.1) is 0 Å². The largest absolute Gasteiger partial charge is 0.486 e. The molecule has 24 heavy (non-hydrogen) atoms. The summed E-state index contributed by atoms with van der Waals surface area (Å²) in [6.45, 7) is 3.83. The third-order valence-corrected chi connectivity index (χ3v) is 5.03. The minimum atomic E-state index is 0.0132. The van der Waals surface area contributed by atoms with Crippen molar-refractivity contribution in [2.24, 2.45) is 0 Å². The Kier molecular flexibility index (Phi) is 5.71. The zero-order chi connectivity index (χ0) is 16.9. The van der Waals surface area contributed by atoms with Crippen LogP contribution in [0.15, 0.2) is 29.6 Å². The van der Waals surface area contributed by atoms with E-state index in [1.165, 1.54) is 11.3 Å². The van der Waals surface area contributed by atoms with E-state index in [1.807, 2.05) is 22.4 Å². The van der Waals surface area contributed by atoms with Gasteiger partial charge in [0, 0.05) is 30.0 Å². The summed E-state index contributed by atoms with van der Waals surface area (Å²) >= 11 is 7.30. The third-order valence-electron chi connectivity index (χ3n) is 3.95. The Morgan fingerprint density at radius 3 is 2.83 bits per heavy atom. The number of hydrogen-bond acceptors (Lipinski definition) is 5. The molecule has 5 nitrogen and oxygen atoms in total. The molecule has 0 bridgehead atoms. The summed E-state index contributed by atoms with van der Waals surface area (Å²) in [7, 11) is 2.09. The van der Waals surface area contributed by atoms with Crippen molar-refractivity contribution < 1.29 is 9.53 Å². The fourth-order valence-corrected chi connectivity index (χ4v) is 3.37. The van der Waals surface area contributed by atoms with E-state index in [4.69, 9.17) is 16.3 Å². The number of amides is 1. The smallest absolute Gasteiger partial charge is 0.273 e. The molecule has 1 aliphatic heterocycles. The minimum Gasteiger partial charge on any atom is -0.486 e. The Labute approximate surface area is 150 Å². The molecule has 0 aliphatic carbocycles. The first kappa shape index (κ1) is 17.2. The lowest BCUT2D eigenvalue weighted by Crippen LogP contribution is -2.34. The van der Waals surface area contributed by atoms with Gasteiger partial charge in [0.15, 0.2) is 0 Å². The zero-order valence-corrected chi connectivity index (χ0v) is 15.1. The predicted octanol–water partition coefficient (Wildman–Crippen LogP) is 3.15. The van der Waals surface area contributed by atoms with Crippen LogP contribution in [0.5, 0.6) is 5.75 Å². The summed E-state index contributed by atoms with van der Waals surface area (Å²) in [6.07, 6.45) is 0.999. The van der Waals surface area contributed by atoms with Crippen LogP contribution in [0.3, 0.4) is 0 Å². The summed E-state index contributed by atoms with van der Waals surface area (Å²) in [5.74, 6) is 0.748. The molecular formula is C17H20ClN3O2S. The number of thiazole rings is 1. The van der Waals surface area contributed by atoms with Crippen LogP contribution < -0.4 is 4.74 Å². The van der Waals surface area contributed by atoms with Crippen molar-refractivity contribution in [2.75, 3.05) is 33.2 Å². The Balaban J connectivity index is 1.58. The molecule has 0 atom stereocenters. The highest BCUT2D eigenvalue weighted by Crippen LogP contribution is 2.19. The molecule has 1 fully saturated rings. The third kappa shape index (κ3) is 4.47. The van der Waals surface area contributed by atoms with Crippen molar-refractivity contribution in [3.63, 3.8) is 0 Å². The topological polar surface area (TPSA) is 45.7 Å². The Bertz CT molecular complexity index is 689. The van der Waals surface area contributed by atoms with Gasteiger partial charge in [-0.15, -0.1) is 11.3 Å². The van der Waals surface area contributed by atoms with E-state index in [-0.39, 0.29) is 5.91 Å². The second-order valence-electron chi connectivity index (χ2n) is 5.82. The summed E-state index contributed by atoms with van der Waals surface area (Å²) in [4.78, 5) is 21.2. The number of carbonyl (C=O) groups excluding carboxylic acids is 1. The summed E-state index contributed by atoms with van der Waals surface area (Å²) in [6, 6.07) is 7.19. The summed E-state index contributed by atoms with van der Waals surface area (Å²) in [5, 5.41) is 3.28. The van der Waals surface area contributed by atoms with E-state index >= 15 is 0 Å². The lowest BCUT2D eigenvalue weighted by Gasteiger charge is -2.19. The number of nitrogens with zero attached hydrogens (tertiary/aromatic N) is 3. The number of carbonyl (C=O) groups is 1. The Morgan fingerprint density at radius 2 is 2.04 bits per heavy atom. The molecule has 7 heteroatoms. The predicted molar refractivity (Wildman–Crippen MR) is 95.9 cm³/mol. The van der Waals surface area contributed by atoms with E-state index in [2.05, 4.69) is 16.9 Å². The van der Waals surface area contributed by atoms with Crippen LogP contribution in [-0.2, 0) is 6.61 Å². The van der Waals surface area contributed by atoms with Crippen LogP contribution in [0.2, 0.25) is 5.02 Å². The first-order valence-corrected chi connectivity index (χ1v) is 9.18. The molecule has 128 valence electrons. The van der Waals surface area contributed by atoms with Crippen LogP contribution >= 0.6 is 22.9 Å². The van der Waals surface area contributed by atoms with Crippen molar-refractivity contribution in [1.29, 1.82) is 0 Å². The first-order chi connectivity index (χ1) is 11.6. The van der Waals surface area contributed by atoms with E-state index in [0.717, 1.165) is 43.4 Å². The maximum absolute atomic E-state index is 12.6. The monoisotopic (exact) mass is 365 g/mol. The number of aromatic nitrogens is 1. The van der Waals surface area contributed by atoms with Crippen LogP contribution in [0, 0.1) is 0 Å². The molecule has 0 spiro atoms. The molecule has 0 N–H and O–H groups in total. The first-order valence-electron chi connectivity index (χ1n) is 7.92. The second-order valence-corrected chi connectivity index (χ2v) is 7.20. The van der Waals surface area contributed by atoms with Gasteiger partial charge in [0.2, 0.25) is 0 Å². The number of likely N-dealkylation sites (N-methyl/N-ethyl adjacent to an activating group) is 1. The van der Waals surface area contributed by atoms with E-state index < -0.39 is 0 Å². The van der Waals surface area contributed by atoms with Crippen LogP contribution in [0.4, 0.5) is 0 Å². The van der Waals surface area contributed by atoms with Gasteiger partial charge in [-0.05, 0) is 44.3 Å². The van der Waals surface area contributed by atoms with Gasteiger partial charge in [-0.3, -0.25) is 4.79 Å². The van der Waals surface area contributed by atoms with Gasteiger partial charge < -0.3 is 14.5 Å². The molecule has 0 unspecified atom stereocenters. The summed E-state index contributed by atoms with van der Waals surface area (Å²) in [5.41, 5.74) is 0.513. The van der Waals surface area contributed by atoms with E-state index in [1.54, 1.807) is 12.1 Å². The molecule has 1 aromatic carbocycles. The van der Waals surface area contributed by atoms with Crippen molar-refractivity contribution >= 4 is 28.8 Å². The van der Waals surface area contributed by atoms with Gasteiger partial charge in [-0.1, -0.05) is 11.6 Å². The highest BCUT2D eigenvalue weighted by molar-refractivity contribution is 7.09. The van der Waals surface area contributed by atoms with Crippen molar-refractivity contribution in [1.82, 2.24) is 14.8 Å². The average molecular weight is 366 g/mol. The number of hydrogen-bond donors (Lipinski definition) is 0. The maximum Gasteiger partial charge on any atom is 0.273 e. The number of ether oxygens (including phenoxy) is 1. The minimum absolute atomic E-state index is 0.0132. The highest BCUT2D eigenvalue weighted by atomic mass is 35.5. The van der Waals surface area contributed by atoms with Gasteiger partial charge >= 0.3 is 0 Å². The van der Waals surface area contributed by atoms with Crippen LogP contribution in [0.25, 0.3) is 0 Å². The van der Waals surface area contributed by atoms with Gasteiger partial charge in [0.25, 0.3) is 5.91 Å². The van der Waals surface area contributed by atoms with Crippen molar-refractivity contribution in [3.8, 4) is 5.75 Å². The normalized spacial score (nSPS) is 16.0. The molecule has 1 saturated heterocycles. The number of benzene rings is 1. The van der Waals surface area contributed by atoms with Crippen molar-refractivity contribution in [2.45, 2.75) is 13.0 Å². The molecule has 2 heterocycles. The molecule has 2 aromatic rings. The molecule has 1 aliphatic rings. The van der Waals surface area contributed by atoms with E-state index in [0.29, 0.717) is 17.3 Å². The highest BCUT2D eigenvalue weighted by Gasteiger charge is 2.21. The zero-order valence-electron chi connectivity index (χ0n) is 13.6. The van der Waals surface area contributed by atoms with E-state index in [9.17, 15) is 4.79 Å². The summed E-state index contributed by atoms with van der Waals surface area (Å²) < 4.78 is 5.68. The lowest BCUT2D eigenvalue weighted by molar-refractivity contribution is 0.0757. The molecule has 1 amide bonds. The number of rotatable bonds is 4. The van der Waals surface area contributed by atoms with Gasteiger partial charge in [-0.25, -0.2) is 4.98 Å². The Hall–Kier alpha value is -1.63. The molecule has 1 aromatic heterocycles. The molecule has 0 saturated carbocycles. The fraction of sp³-hybridized carbons (Fsp3) is 0.412. The van der Waals surface area contributed by atoms with Crippen LogP contribution in [0.1, 0.15) is 21.9 Å². The average Bonchev–Trinajstić information content (AvgIpc) is 2.95. The van der Waals surface area contributed by atoms with Crippen LogP contribution in [-0.4, -0.2) is 53.9 Å². The Morgan fingerprint density at radius 1 is 1.25 bits per heavy atom.